The van der Waals surface area contributed by atoms with Gasteiger partial charge < -0.3 is 9.47 Å². The molecule has 0 aliphatic rings. The molecule has 9 nitrogen and oxygen atoms in total. The molecular weight excluding hydrogens is 336 g/mol. The van der Waals surface area contributed by atoms with Gasteiger partial charge in [-0.25, -0.2) is 14.8 Å². The Labute approximate surface area is 141 Å². The van der Waals surface area contributed by atoms with E-state index in [1.165, 1.54) is 32.9 Å². The second-order valence-electron chi connectivity index (χ2n) is 5.07. The van der Waals surface area contributed by atoms with E-state index >= 15 is 0 Å². The predicted molar refractivity (Wildman–Crippen MR) is 88.1 cm³/mol. The van der Waals surface area contributed by atoms with Crippen molar-refractivity contribution in [2.75, 3.05) is 14.2 Å². The third-order valence-corrected chi connectivity index (χ3v) is 4.47. The van der Waals surface area contributed by atoms with E-state index in [9.17, 15) is 14.4 Å². The number of aromatic nitrogens is 4. The van der Waals surface area contributed by atoms with E-state index in [4.69, 9.17) is 9.47 Å². The number of rotatable bonds is 5. The zero-order valence-electron chi connectivity index (χ0n) is 14.0. The van der Waals surface area contributed by atoms with Crippen LogP contribution in [-0.4, -0.2) is 44.5 Å². The normalized spacial score (nSPS) is 12.4. The summed E-state index contributed by atoms with van der Waals surface area (Å²) in [5.74, 6) is -0.130. The van der Waals surface area contributed by atoms with E-state index in [0.29, 0.717) is 10.9 Å². The molecule has 24 heavy (non-hydrogen) atoms. The summed E-state index contributed by atoms with van der Waals surface area (Å²) in [7, 11) is 5.67. The maximum atomic E-state index is 12.5. The molecule has 0 spiro atoms. The summed E-state index contributed by atoms with van der Waals surface area (Å²) in [6.07, 6.45) is 0. The monoisotopic (exact) mass is 354 g/mol. The zero-order chi connectivity index (χ0) is 18.0. The first kappa shape index (κ1) is 18.1. The summed E-state index contributed by atoms with van der Waals surface area (Å²) >= 11 is 1.07. The summed E-state index contributed by atoms with van der Waals surface area (Å²) in [6, 6.07) is 0. The summed E-state index contributed by atoms with van der Waals surface area (Å²) in [6.45, 7) is 1.76. The van der Waals surface area contributed by atoms with E-state index in [-0.39, 0.29) is 17.6 Å². The van der Waals surface area contributed by atoms with Crippen molar-refractivity contribution in [1.29, 1.82) is 0 Å². The number of ether oxygens (including phenoxy) is 2. The number of aryl methyl sites for hydroxylation is 1. The lowest BCUT2D eigenvalue weighted by Crippen LogP contribution is -2.38. The van der Waals surface area contributed by atoms with E-state index in [1.807, 2.05) is 0 Å². The summed E-state index contributed by atoms with van der Waals surface area (Å²) < 4.78 is 12.0. The van der Waals surface area contributed by atoms with Crippen LogP contribution in [0.2, 0.25) is 0 Å². The van der Waals surface area contributed by atoms with Gasteiger partial charge in [-0.1, -0.05) is 11.8 Å². The number of thioether (sulfide) groups is 1. The SMILES string of the molecule is COCc1nc(S[C@H](C)C(=O)OC)c2c(=O)n(C)c(=O)n(C)c2n1. The van der Waals surface area contributed by atoms with Gasteiger partial charge in [0.05, 0.1) is 7.11 Å². The van der Waals surface area contributed by atoms with Crippen molar-refractivity contribution in [2.45, 2.75) is 23.8 Å². The molecule has 0 fully saturated rings. The number of esters is 1. The molecule has 0 aliphatic heterocycles. The average molecular weight is 354 g/mol. The molecule has 0 aromatic carbocycles. The first-order valence-corrected chi connectivity index (χ1v) is 7.89. The standard InChI is InChI=1S/C14H18N4O5S/c1-7(13(20)23-5)24-11-9-10(15-8(16-11)6-22-4)17(2)14(21)18(3)12(9)19/h7H,6H2,1-5H3/t7-/m1/s1. The largest absolute Gasteiger partial charge is 0.468 e. The highest BCUT2D eigenvalue weighted by molar-refractivity contribution is 8.00. The van der Waals surface area contributed by atoms with Crippen molar-refractivity contribution in [3.8, 4) is 0 Å². The van der Waals surface area contributed by atoms with Gasteiger partial charge in [0.1, 0.15) is 22.3 Å². The van der Waals surface area contributed by atoms with Gasteiger partial charge in [-0.2, -0.15) is 0 Å². The van der Waals surface area contributed by atoms with Crippen LogP contribution in [0.25, 0.3) is 11.0 Å². The van der Waals surface area contributed by atoms with Crippen molar-refractivity contribution in [3.63, 3.8) is 0 Å². The molecule has 0 bridgehead atoms. The van der Waals surface area contributed by atoms with Gasteiger partial charge in [0.2, 0.25) is 0 Å². The van der Waals surface area contributed by atoms with Crippen LogP contribution in [0.3, 0.4) is 0 Å². The van der Waals surface area contributed by atoms with Crippen LogP contribution < -0.4 is 11.2 Å². The van der Waals surface area contributed by atoms with Crippen molar-refractivity contribution < 1.29 is 14.3 Å². The molecule has 0 amide bonds. The summed E-state index contributed by atoms with van der Waals surface area (Å²) in [5, 5.41) is -0.0909. The molecule has 2 rings (SSSR count). The van der Waals surface area contributed by atoms with Gasteiger partial charge in [-0.05, 0) is 6.92 Å². The first-order chi connectivity index (χ1) is 11.3. The number of hydrogen-bond acceptors (Lipinski definition) is 8. The van der Waals surface area contributed by atoms with Crippen LogP contribution in [0.5, 0.6) is 0 Å². The number of fused-ring (bicyclic) bond motifs is 1. The van der Waals surface area contributed by atoms with E-state index in [1.54, 1.807) is 6.92 Å². The molecule has 0 unspecified atom stereocenters. The maximum Gasteiger partial charge on any atom is 0.332 e. The molecule has 0 saturated heterocycles. The third kappa shape index (κ3) is 3.20. The van der Waals surface area contributed by atoms with Crippen LogP contribution in [0.15, 0.2) is 14.6 Å². The van der Waals surface area contributed by atoms with Crippen LogP contribution in [0.4, 0.5) is 0 Å². The molecule has 130 valence electrons. The quantitative estimate of drug-likeness (QED) is 0.414. The van der Waals surface area contributed by atoms with Crippen LogP contribution in [0.1, 0.15) is 12.7 Å². The fourth-order valence-electron chi connectivity index (χ4n) is 2.13. The van der Waals surface area contributed by atoms with Gasteiger partial charge in [0.25, 0.3) is 5.56 Å². The highest BCUT2D eigenvalue weighted by Gasteiger charge is 2.22. The zero-order valence-corrected chi connectivity index (χ0v) is 14.8. The number of carbonyl (C=O) groups excluding carboxylic acids is 1. The molecule has 2 heterocycles. The lowest BCUT2D eigenvalue weighted by atomic mass is 10.4. The first-order valence-electron chi connectivity index (χ1n) is 7.01. The lowest BCUT2D eigenvalue weighted by molar-refractivity contribution is -0.139. The predicted octanol–water partition coefficient (Wildman–Crippen LogP) is -0.173. The minimum Gasteiger partial charge on any atom is -0.468 e. The van der Waals surface area contributed by atoms with Crippen molar-refractivity contribution in [1.82, 2.24) is 19.1 Å². The van der Waals surface area contributed by atoms with Gasteiger partial charge in [-0.3, -0.25) is 18.7 Å². The summed E-state index contributed by atoms with van der Waals surface area (Å²) in [4.78, 5) is 44.9. The van der Waals surface area contributed by atoms with E-state index < -0.39 is 22.5 Å². The Morgan fingerprint density at radius 3 is 2.46 bits per heavy atom. The fraction of sp³-hybridized carbons (Fsp3) is 0.500. The van der Waals surface area contributed by atoms with Gasteiger partial charge in [0.15, 0.2) is 11.5 Å². The lowest BCUT2D eigenvalue weighted by Gasteiger charge is -2.13. The smallest absolute Gasteiger partial charge is 0.332 e. The van der Waals surface area contributed by atoms with Gasteiger partial charge >= 0.3 is 11.7 Å². The van der Waals surface area contributed by atoms with Crippen LogP contribution >= 0.6 is 11.8 Å². The minimum absolute atomic E-state index is 0.111. The number of carbonyl (C=O) groups is 1. The molecule has 0 radical (unpaired) electrons. The Morgan fingerprint density at radius 2 is 1.88 bits per heavy atom. The second-order valence-corrected chi connectivity index (χ2v) is 6.40. The summed E-state index contributed by atoms with van der Waals surface area (Å²) in [5.41, 5.74) is -0.812. The Morgan fingerprint density at radius 1 is 1.21 bits per heavy atom. The van der Waals surface area contributed by atoms with Crippen LogP contribution in [0, 0.1) is 0 Å². The number of nitrogens with zero attached hydrogens (tertiary/aromatic N) is 4. The van der Waals surface area contributed by atoms with Gasteiger partial charge in [-0.15, -0.1) is 0 Å². The molecule has 2 aromatic heterocycles. The topological polar surface area (TPSA) is 105 Å². The maximum absolute atomic E-state index is 12.5. The highest BCUT2D eigenvalue weighted by atomic mass is 32.2. The Hall–Kier alpha value is -2.20. The average Bonchev–Trinajstić information content (AvgIpc) is 2.57. The fourth-order valence-corrected chi connectivity index (χ4v) is 3.11. The van der Waals surface area contributed by atoms with E-state index in [2.05, 4.69) is 9.97 Å². The molecule has 0 aliphatic carbocycles. The van der Waals surface area contributed by atoms with Crippen molar-refractivity contribution in [2.24, 2.45) is 14.1 Å². The van der Waals surface area contributed by atoms with E-state index in [0.717, 1.165) is 16.3 Å². The highest BCUT2D eigenvalue weighted by Crippen LogP contribution is 2.26. The molecule has 2 aromatic rings. The van der Waals surface area contributed by atoms with Crippen molar-refractivity contribution in [3.05, 3.63) is 26.7 Å². The molecule has 10 heteroatoms. The van der Waals surface area contributed by atoms with Gasteiger partial charge in [0, 0.05) is 21.2 Å². The molecule has 0 N–H and O–H groups in total. The Balaban J connectivity index is 2.78. The number of methoxy groups -OCH3 is 2. The minimum atomic E-state index is -0.578. The van der Waals surface area contributed by atoms with Crippen molar-refractivity contribution >= 4 is 28.8 Å². The number of hydrogen-bond donors (Lipinski definition) is 0. The molecule has 1 atom stereocenters. The Bertz CT molecular complexity index is 905. The second kappa shape index (κ2) is 7.14. The van der Waals surface area contributed by atoms with Crippen LogP contribution in [-0.2, 0) is 35.0 Å². The third-order valence-electron chi connectivity index (χ3n) is 3.41. The molecule has 0 saturated carbocycles. The molecular formula is C14H18N4O5S. The Kier molecular flexibility index (Phi) is 5.40.